The van der Waals surface area contributed by atoms with E-state index < -0.39 is 6.09 Å². The van der Waals surface area contributed by atoms with Crippen LogP contribution in [-0.2, 0) is 4.74 Å². The van der Waals surface area contributed by atoms with E-state index in [-0.39, 0.29) is 6.04 Å². The number of alkyl carbamates (subject to hydrolysis) is 1. The highest BCUT2D eigenvalue weighted by Crippen LogP contribution is 2.18. The van der Waals surface area contributed by atoms with Crippen LogP contribution in [0, 0.1) is 0 Å². The van der Waals surface area contributed by atoms with Crippen LogP contribution in [-0.4, -0.2) is 42.3 Å². The molecule has 1 atom stereocenters. The summed E-state index contributed by atoms with van der Waals surface area (Å²) in [5, 5.41) is 2.77. The Labute approximate surface area is 104 Å². The standard InChI is InChI=1S/C10H16N6O2/c1-18-10(17)13-7-3-5-16(6-7)8-2-4-12-9(14-8)15-11/h2,4,7H,3,5-6,11H2,1H3,(H,13,17)(H,12,14,15). The molecule has 0 bridgehead atoms. The number of nitrogens with one attached hydrogen (secondary N) is 2. The first-order valence-electron chi connectivity index (χ1n) is 5.62. The van der Waals surface area contributed by atoms with Crippen LogP contribution in [0.4, 0.5) is 16.6 Å². The van der Waals surface area contributed by atoms with Crippen LogP contribution in [0.3, 0.4) is 0 Å². The molecule has 1 aliphatic heterocycles. The first-order valence-corrected chi connectivity index (χ1v) is 5.62. The molecule has 1 aliphatic rings. The molecule has 1 aromatic rings. The first-order chi connectivity index (χ1) is 8.72. The summed E-state index contributed by atoms with van der Waals surface area (Å²) in [7, 11) is 1.35. The van der Waals surface area contributed by atoms with Crippen molar-refractivity contribution in [3.05, 3.63) is 12.3 Å². The number of hydrazine groups is 1. The summed E-state index contributed by atoms with van der Waals surface area (Å²) in [5.41, 5.74) is 2.40. The van der Waals surface area contributed by atoms with Crippen molar-refractivity contribution in [1.29, 1.82) is 0 Å². The molecule has 0 radical (unpaired) electrons. The van der Waals surface area contributed by atoms with Crippen LogP contribution in [0.1, 0.15) is 6.42 Å². The number of rotatable bonds is 3. The molecule has 4 N–H and O–H groups in total. The molecule has 18 heavy (non-hydrogen) atoms. The zero-order valence-corrected chi connectivity index (χ0v) is 10.1. The van der Waals surface area contributed by atoms with E-state index in [1.807, 2.05) is 0 Å². The molecule has 1 amide bonds. The summed E-state index contributed by atoms with van der Waals surface area (Å²) in [4.78, 5) is 21.4. The number of nitrogens with two attached hydrogens (primary N) is 1. The number of ether oxygens (including phenoxy) is 1. The quantitative estimate of drug-likeness (QED) is 0.501. The van der Waals surface area contributed by atoms with Gasteiger partial charge in [0.15, 0.2) is 0 Å². The maximum Gasteiger partial charge on any atom is 0.407 e. The second kappa shape index (κ2) is 5.50. The van der Waals surface area contributed by atoms with Crippen LogP contribution in [0.2, 0.25) is 0 Å². The highest BCUT2D eigenvalue weighted by molar-refractivity contribution is 5.67. The molecule has 1 unspecified atom stereocenters. The zero-order valence-electron chi connectivity index (χ0n) is 10.1. The van der Waals surface area contributed by atoms with E-state index in [0.29, 0.717) is 12.5 Å². The van der Waals surface area contributed by atoms with Gasteiger partial charge in [-0.1, -0.05) is 0 Å². The molecular weight excluding hydrogens is 236 g/mol. The average Bonchev–Trinajstić information content (AvgIpc) is 2.87. The van der Waals surface area contributed by atoms with Gasteiger partial charge in [0, 0.05) is 19.3 Å². The second-order valence-corrected chi connectivity index (χ2v) is 3.95. The van der Waals surface area contributed by atoms with Gasteiger partial charge in [-0.15, -0.1) is 0 Å². The third-order valence-electron chi connectivity index (χ3n) is 2.79. The lowest BCUT2D eigenvalue weighted by molar-refractivity contribution is 0.167. The van der Waals surface area contributed by atoms with E-state index in [4.69, 9.17) is 5.84 Å². The van der Waals surface area contributed by atoms with Crippen LogP contribution >= 0.6 is 0 Å². The molecule has 98 valence electrons. The molecular formula is C10H16N6O2. The number of hydrogen-bond donors (Lipinski definition) is 3. The fraction of sp³-hybridized carbons (Fsp3) is 0.500. The summed E-state index contributed by atoms with van der Waals surface area (Å²) in [6, 6.07) is 1.88. The van der Waals surface area contributed by atoms with Crippen LogP contribution < -0.4 is 21.5 Å². The van der Waals surface area contributed by atoms with Crippen LogP contribution in [0.25, 0.3) is 0 Å². The topological polar surface area (TPSA) is 105 Å². The second-order valence-electron chi connectivity index (χ2n) is 3.95. The number of nitrogens with zero attached hydrogens (tertiary/aromatic N) is 3. The number of carbonyl (C=O) groups is 1. The summed E-state index contributed by atoms with van der Waals surface area (Å²) in [6.07, 6.45) is 2.08. The van der Waals surface area contributed by atoms with Gasteiger partial charge in [0.05, 0.1) is 13.2 Å². The molecule has 1 aromatic heterocycles. The van der Waals surface area contributed by atoms with Gasteiger partial charge in [-0.3, -0.25) is 5.43 Å². The lowest BCUT2D eigenvalue weighted by atomic mass is 10.3. The fourth-order valence-electron chi connectivity index (χ4n) is 1.91. The molecule has 0 spiro atoms. The summed E-state index contributed by atoms with van der Waals surface area (Å²) in [5.74, 6) is 6.42. The van der Waals surface area contributed by atoms with Crippen LogP contribution in [0.5, 0.6) is 0 Å². The van der Waals surface area contributed by atoms with Crippen molar-refractivity contribution >= 4 is 17.9 Å². The normalized spacial score (nSPS) is 18.6. The smallest absolute Gasteiger partial charge is 0.407 e. The number of methoxy groups -OCH3 is 1. The minimum Gasteiger partial charge on any atom is -0.453 e. The Morgan fingerprint density at radius 2 is 2.50 bits per heavy atom. The maximum absolute atomic E-state index is 11.1. The Morgan fingerprint density at radius 1 is 1.67 bits per heavy atom. The van der Waals surface area contributed by atoms with Crippen molar-refractivity contribution in [3.8, 4) is 0 Å². The van der Waals surface area contributed by atoms with E-state index in [0.717, 1.165) is 18.8 Å². The van der Waals surface area contributed by atoms with E-state index in [9.17, 15) is 4.79 Å². The van der Waals surface area contributed by atoms with Gasteiger partial charge in [-0.05, 0) is 12.5 Å². The Hall–Kier alpha value is -2.09. The van der Waals surface area contributed by atoms with Crippen molar-refractivity contribution in [1.82, 2.24) is 15.3 Å². The molecule has 8 nitrogen and oxygen atoms in total. The predicted molar refractivity (Wildman–Crippen MR) is 66.0 cm³/mol. The largest absolute Gasteiger partial charge is 0.453 e. The van der Waals surface area contributed by atoms with Crippen molar-refractivity contribution in [3.63, 3.8) is 0 Å². The van der Waals surface area contributed by atoms with Crippen LogP contribution in [0.15, 0.2) is 12.3 Å². The number of carbonyl (C=O) groups excluding carboxylic acids is 1. The van der Waals surface area contributed by atoms with Gasteiger partial charge in [0.1, 0.15) is 5.82 Å². The third-order valence-corrected chi connectivity index (χ3v) is 2.79. The lowest BCUT2D eigenvalue weighted by Crippen LogP contribution is -2.37. The van der Waals surface area contributed by atoms with Crippen molar-refractivity contribution in [2.45, 2.75) is 12.5 Å². The van der Waals surface area contributed by atoms with E-state index in [2.05, 4.69) is 30.3 Å². The van der Waals surface area contributed by atoms with E-state index >= 15 is 0 Å². The molecule has 1 fully saturated rings. The number of aromatic nitrogens is 2. The number of hydrogen-bond acceptors (Lipinski definition) is 7. The zero-order chi connectivity index (χ0) is 13.0. The molecule has 1 saturated heterocycles. The summed E-state index contributed by atoms with van der Waals surface area (Å²) >= 11 is 0. The van der Waals surface area contributed by atoms with Crippen molar-refractivity contribution in [2.24, 2.45) is 5.84 Å². The van der Waals surface area contributed by atoms with Gasteiger partial charge in [0.25, 0.3) is 0 Å². The van der Waals surface area contributed by atoms with Gasteiger partial charge >= 0.3 is 6.09 Å². The van der Waals surface area contributed by atoms with Crippen molar-refractivity contribution < 1.29 is 9.53 Å². The van der Waals surface area contributed by atoms with E-state index in [1.54, 1.807) is 12.3 Å². The predicted octanol–water partition coefficient (Wildman–Crippen LogP) is -0.303. The monoisotopic (exact) mass is 252 g/mol. The molecule has 0 aliphatic carbocycles. The summed E-state index contributed by atoms with van der Waals surface area (Å²) < 4.78 is 4.57. The van der Waals surface area contributed by atoms with Gasteiger partial charge in [0.2, 0.25) is 5.95 Å². The molecule has 8 heteroatoms. The lowest BCUT2D eigenvalue weighted by Gasteiger charge is -2.17. The van der Waals surface area contributed by atoms with Gasteiger partial charge < -0.3 is 15.0 Å². The number of amides is 1. The minimum atomic E-state index is -0.408. The third kappa shape index (κ3) is 2.77. The van der Waals surface area contributed by atoms with Crippen molar-refractivity contribution in [2.75, 3.05) is 30.5 Å². The molecule has 0 saturated carbocycles. The van der Waals surface area contributed by atoms with E-state index in [1.165, 1.54) is 7.11 Å². The number of nitrogen functional groups attached to an aromatic ring is 1. The number of anilines is 2. The molecule has 2 rings (SSSR count). The molecule has 0 aromatic carbocycles. The van der Waals surface area contributed by atoms with Gasteiger partial charge in [-0.25, -0.2) is 15.6 Å². The maximum atomic E-state index is 11.1. The Balaban J connectivity index is 1.97. The average molecular weight is 252 g/mol. The first kappa shape index (κ1) is 12.4. The Bertz CT molecular complexity index is 427. The minimum absolute atomic E-state index is 0.0710. The Morgan fingerprint density at radius 3 is 3.22 bits per heavy atom. The summed E-state index contributed by atoms with van der Waals surface area (Å²) in [6.45, 7) is 1.51. The molecule has 2 heterocycles. The fourth-order valence-corrected chi connectivity index (χ4v) is 1.91. The highest BCUT2D eigenvalue weighted by Gasteiger charge is 2.25. The SMILES string of the molecule is COC(=O)NC1CCN(c2ccnc(NN)n2)C1. The Kier molecular flexibility index (Phi) is 3.78. The highest BCUT2D eigenvalue weighted by atomic mass is 16.5. The van der Waals surface area contributed by atoms with Gasteiger partial charge in [-0.2, -0.15) is 4.98 Å².